The molecular weight excluding hydrogens is 317 g/mol. The molecule has 112 valence electrons. The summed E-state index contributed by atoms with van der Waals surface area (Å²) in [4.78, 5) is 0. The van der Waals surface area contributed by atoms with Gasteiger partial charge in [0, 0.05) is 10.5 Å². The van der Waals surface area contributed by atoms with Gasteiger partial charge in [0.2, 0.25) is 0 Å². The fraction of sp³-hybridized carbons (Fsp3) is 0.647. The highest BCUT2D eigenvalue weighted by Gasteiger charge is 2.18. The number of hydrogen-bond acceptors (Lipinski definition) is 1. The molecule has 3 heteroatoms. The molecule has 1 atom stereocenters. The van der Waals surface area contributed by atoms with E-state index in [0.717, 1.165) is 28.4 Å². The van der Waals surface area contributed by atoms with Crippen LogP contribution in [-0.4, -0.2) is 6.54 Å². The highest BCUT2D eigenvalue weighted by atomic mass is 79.9. The maximum Gasteiger partial charge on any atom is 0.124 e. The Morgan fingerprint density at radius 3 is 2.65 bits per heavy atom. The van der Waals surface area contributed by atoms with Crippen molar-refractivity contribution in [1.29, 1.82) is 0 Å². The molecule has 0 heterocycles. The van der Waals surface area contributed by atoms with Gasteiger partial charge in [-0.3, -0.25) is 0 Å². The molecule has 1 nitrogen and oxygen atoms in total. The molecule has 2 rings (SSSR count). The van der Waals surface area contributed by atoms with E-state index in [4.69, 9.17) is 0 Å². The molecule has 1 aliphatic rings. The van der Waals surface area contributed by atoms with E-state index in [0.29, 0.717) is 0 Å². The van der Waals surface area contributed by atoms with E-state index < -0.39 is 0 Å². The van der Waals surface area contributed by atoms with E-state index in [9.17, 15) is 4.39 Å². The Hall–Kier alpha value is -0.410. The smallest absolute Gasteiger partial charge is 0.124 e. The second kappa shape index (κ2) is 7.56. The zero-order valence-electron chi connectivity index (χ0n) is 12.5. The molecule has 1 fully saturated rings. The van der Waals surface area contributed by atoms with Crippen molar-refractivity contribution in [2.24, 2.45) is 11.8 Å². The molecule has 0 aromatic heterocycles. The Bertz CT molecular complexity index is 427. The third-order valence-corrected chi connectivity index (χ3v) is 5.25. The van der Waals surface area contributed by atoms with Gasteiger partial charge in [-0.05, 0) is 49.4 Å². The minimum Gasteiger partial charge on any atom is -0.310 e. The first kappa shape index (κ1) is 16.0. The van der Waals surface area contributed by atoms with Crippen LogP contribution < -0.4 is 5.32 Å². The zero-order valence-corrected chi connectivity index (χ0v) is 14.0. The maximum atomic E-state index is 13.1. The summed E-state index contributed by atoms with van der Waals surface area (Å²) in [5, 5.41) is 3.57. The van der Waals surface area contributed by atoms with Gasteiger partial charge in [-0.15, -0.1) is 0 Å². The van der Waals surface area contributed by atoms with Crippen LogP contribution in [0.4, 0.5) is 4.39 Å². The van der Waals surface area contributed by atoms with Crippen molar-refractivity contribution in [1.82, 2.24) is 5.32 Å². The summed E-state index contributed by atoms with van der Waals surface area (Å²) in [6, 6.07) is 5.18. The molecular formula is C17H25BrFN. The van der Waals surface area contributed by atoms with E-state index in [2.05, 4.69) is 35.1 Å². The third-order valence-electron chi connectivity index (χ3n) is 4.57. The predicted octanol–water partition coefficient (Wildman–Crippen LogP) is 5.46. The van der Waals surface area contributed by atoms with E-state index in [1.807, 2.05) is 6.07 Å². The van der Waals surface area contributed by atoms with E-state index in [-0.39, 0.29) is 11.9 Å². The summed E-state index contributed by atoms with van der Waals surface area (Å²) in [5.41, 5.74) is 1.13. The monoisotopic (exact) mass is 341 g/mol. The molecule has 1 aromatic rings. The number of hydrogen-bond donors (Lipinski definition) is 1. The van der Waals surface area contributed by atoms with E-state index in [1.54, 1.807) is 0 Å². The summed E-state index contributed by atoms with van der Waals surface area (Å²) in [6.07, 6.45) is 6.82. The Labute approximate surface area is 130 Å². The van der Waals surface area contributed by atoms with Crippen LogP contribution in [0.1, 0.15) is 57.6 Å². The fourth-order valence-corrected chi connectivity index (χ4v) is 3.78. The van der Waals surface area contributed by atoms with Crippen LogP contribution >= 0.6 is 15.9 Å². The Balaban J connectivity index is 1.76. The zero-order chi connectivity index (χ0) is 14.5. The van der Waals surface area contributed by atoms with Crippen LogP contribution in [0.3, 0.4) is 0 Å². The molecule has 0 saturated heterocycles. The quantitative estimate of drug-likeness (QED) is 0.750. The summed E-state index contributed by atoms with van der Waals surface area (Å²) in [5.74, 6) is 1.63. The summed E-state index contributed by atoms with van der Waals surface area (Å²) in [7, 11) is 0. The normalized spacial score (nSPS) is 24.6. The first-order valence-corrected chi connectivity index (χ1v) is 8.54. The van der Waals surface area contributed by atoms with Crippen LogP contribution in [0.25, 0.3) is 0 Å². The second-order valence-electron chi connectivity index (χ2n) is 6.26. The molecule has 0 aliphatic heterocycles. The van der Waals surface area contributed by atoms with Gasteiger partial charge in [0.25, 0.3) is 0 Å². The van der Waals surface area contributed by atoms with E-state index in [1.165, 1.54) is 44.2 Å². The Morgan fingerprint density at radius 2 is 2.00 bits per heavy atom. The number of nitrogens with one attached hydrogen (secondary N) is 1. The van der Waals surface area contributed by atoms with Crippen LogP contribution in [-0.2, 0) is 0 Å². The lowest BCUT2D eigenvalue weighted by Gasteiger charge is -2.26. The SMILES string of the molecule is CC1CCC(CCNC(C)c2ccc(F)cc2Br)CC1. The maximum absolute atomic E-state index is 13.1. The van der Waals surface area contributed by atoms with Crippen LogP contribution in [0.15, 0.2) is 22.7 Å². The van der Waals surface area contributed by atoms with Gasteiger partial charge in [-0.2, -0.15) is 0 Å². The summed E-state index contributed by atoms with van der Waals surface area (Å²) >= 11 is 3.44. The van der Waals surface area contributed by atoms with Crippen molar-refractivity contribution in [3.8, 4) is 0 Å². The van der Waals surface area contributed by atoms with Crippen molar-refractivity contribution in [3.05, 3.63) is 34.1 Å². The van der Waals surface area contributed by atoms with Crippen molar-refractivity contribution >= 4 is 15.9 Å². The van der Waals surface area contributed by atoms with Gasteiger partial charge in [-0.25, -0.2) is 4.39 Å². The molecule has 1 aliphatic carbocycles. The summed E-state index contributed by atoms with van der Waals surface area (Å²) < 4.78 is 13.9. The van der Waals surface area contributed by atoms with Gasteiger partial charge in [0.1, 0.15) is 5.82 Å². The van der Waals surface area contributed by atoms with Crippen LogP contribution in [0.2, 0.25) is 0 Å². The molecule has 1 aromatic carbocycles. The van der Waals surface area contributed by atoms with Gasteiger partial charge < -0.3 is 5.32 Å². The molecule has 0 radical (unpaired) electrons. The number of benzene rings is 1. The first-order valence-electron chi connectivity index (χ1n) is 7.74. The highest BCUT2D eigenvalue weighted by Crippen LogP contribution is 2.30. The highest BCUT2D eigenvalue weighted by molar-refractivity contribution is 9.10. The fourth-order valence-electron chi connectivity index (χ4n) is 3.08. The molecule has 1 N–H and O–H groups in total. The second-order valence-corrected chi connectivity index (χ2v) is 7.11. The molecule has 1 unspecified atom stereocenters. The van der Waals surface area contributed by atoms with Gasteiger partial charge >= 0.3 is 0 Å². The lowest BCUT2D eigenvalue weighted by Crippen LogP contribution is -2.23. The topological polar surface area (TPSA) is 12.0 Å². The third kappa shape index (κ3) is 4.56. The van der Waals surface area contributed by atoms with Gasteiger partial charge in [0.15, 0.2) is 0 Å². The minimum atomic E-state index is -0.191. The number of rotatable bonds is 5. The van der Waals surface area contributed by atoms with Crippen molar-refractivity contribution in [2.45, 2.75) is 52.0 Å². The standard InChI is InChI=1S/C17H25BrFN/c1-12-3-5-14(6-4-12)9-10-20-13(2)16-8-7-15(19)11-17(16)18/h7-8,11-14,20H,3-6,9-10H2,1-2H3. The average Bonchev–Trinajstić information content (AvgIpc) is 2.41. The van der Waals surface area contributed by atoms with Crippen molar-refractivity contribution < 1.29 is 4.39 Å². The lowest BCUT2D eigenvalue weighted by atomic mass is 9.81. The molecule has 1 saturated carbocycles. The Kier molecular flexibility index (Phi) is 6.03. The van der Waals surface area contributed by atoms with Crippen LogP contribution in [0.5, 0.6) is 0 Å². The summed E-state index contributed by atoms with van der Waals surface area (Å²) in [6.45, 7) is 5.55. The van der Waals surface area contributed by atoms with Gasteiger partial charge in [-0.1, -0.05) is 54.6 Å². The first-order chi connectivity index (χ1) is 9.56. The number of halogens is 2. The largest absolute Gasteiger partial charge is 0.310 e. The van der Waals surface area contributed by atoms with Crippen LogP contribution in [0, 0.1) is 17.7 Å². The van der Waals surface area contributed by atoms with Crippen molar-refractivity contribution in [3.63, 3.8) is 0 Å². The minimum absolute atomic E-state index is 0.191. The molecule has 0 bridgehead atoms. The molecule has 0 amide bonds. The molecule has 20 heavy (non-hydrogen) atoms. The lowest BCUT2D eigenvalue weighted by molar-refractivity contribution is 0.273. The predicted molar refractivity (Wildman–Crippen MR) is 86.3 cm³/mol. The average molecular weight is 342 g/mol. The Morgan fingerprint density at radius 1 is 1.30 bits per heavy atom. The van der Waals surface area contributed by atoms with Crippen molar-refractivity contribution in [2.75, 3.05) is 6.54 Å². The van der Waals surface area contributed by atoms with Gasteiger partial charge in [0.05, 0.1) is 0 Å². The van der Waals surface area contributed by atoms with E-state index >= 15 is 0 Å². The molecule has 0 spiro atoms.